The summed E-state index contributed by atoms with van der Waals surface area (Å²) in [6, 6.07) is 11.6. The smallest absolute Gasteiger partial charge is 0.123 e. The molecule has 1 aromatic heterocycles. The molecule has 1 heterocycles. The molecule has 0 saturated carbocycles. The molecule has 0 atom stereocenters. The Hall–Kier alpha value is -1.63. The standard InChI is InChI=1S/C13H7ClFNS/c14-13-6-5-12(17-13)7-10(8-16)9-1-3-11(15)4-2-9/h1-7H/b10-7-. The molecule has 0 saturated heterocycles. The van der Waals surface area contributed by atoms with Gasteiger partial charge in [0, 0.05) is 4.88 Å². The summed E-state index contributed by atoms with van der Waals surface area (Å²) in [4.78, 5) is 0.899. The Labute approximate surface area is 107 Å². The first-order chi connectivity index (χ1) is 8.19. The summed E-state index contributed by atoms with van der Waals surface area (Å²) >= 11 is 7.20. The Morgan fingerprint density at radius 3 is 2.47 bits per heavy atom. The van der Waals surface area contributed by atoms with Crippen LogP contribution in [0.25, 0.3) is 11.6 Å². The lowest BCUT2D eigenvalue weighted by molar-refractivity contribution is 0.627. The number of allylic oxidation sites excluding steroid dienone is 1. The van der Waals surface area contributed by atoms with Gasteiger partial charge in [-0.2, -0.15) is 5.26 Å². The number of hydrogen-bond donors (Lipinski definition) is 0. The largest absolute Gasteiger partial charge is 0.207 e. The average Bonchev–Trinajstić information content (AvgIpc) is 2.73. The van der Waals surface area contributed by atoms with E-state index in [0.717, 1.165) is 4.88 Å². The molecular weight excluding hydrogens is 257 g/mol. The van der Waals surface area contributed by atoms with E-state index in [1.165, 1.54) is 23.5 Å². The van der Waals surface area contributed by atoms with Crippen molar-refractivity contribution in [2.24, 2.45) is 0 Å². The third-order valence-corrected chi connectivity index (χ3v) is 3.33. The fraction of sp³-hybridized carbons (Fsp3) is 0. The lowest BCUT2D eigenvalue weighted by Gasteiger charge is -1.97. The minimum atomic E-state index is -0.315. The van der Waals surface area contributed by atoms with E-state index < -0.39 is 0 Å². The maximum Gasteiger partial charge on any atom is 0.123 e. The third-order valence-electron chi connectivity index (χ3n) is 2.16. The van der Waals surface area contributed by atoms with Crippen LogP contribution < -0.4 is 0 Å². The molecule has 0 N–H and O–H groups in total. The summed E-state index contributed by atoms with van der Waals surface area (Å²) in [5.41, 5.74) is 1.18. The lowest BCUT2D eigenvalue weighted by Crippen LogP contribution is -1.81. The molecule has 0 radical (unpaired) electrons. The molecule has 0 aliphatic rings. The van der Waals surface area contributed by atoms with E-state index in [1.807, 2.05) is 6.07 Å². The Balaban J connectivity index is 2.37. The first-order valence-electron chi connectivity index (χ1n) is 4.82. The van der Waals surface area contributed by atoms with Crippen molar-refractivity contribution in [1.29, 1.82) is 5.26 Å². The topological polar surface area (TPSA) is 23.8 Å². The molecule has 4 heteroatoms. The lowest BCUT2D eigenvalue weighted by atomic mass is 10.1. The highest BCUT2D eigenvalue weighted by molar-refractivity contribution is 7.17. The maximum atomic E-state index is 12.8. The van der Waals surface area contributed by atoms with E-state index in [1.54, 1.807) is 24.3 Å². The van der Waals surface area contributed by atoms with Crippen LogP contribution in [0.15, 0.2) is 36.4 Å². The first-order valence-corrected chi connectivity index (χ1v) is 6.01. The van der Waals surface area contributed by atoms with E-state index in [0.29, 0.717) is 15.5 Å². The predicted octanol–water partition coefficient (Wildman–Crippen LogP) is 4.60. The van der Waals surface area contributed by atoms with Gasteiger partial charge in [0.25, 0.3) is 0 Å². The van der Waals surface area contributed by atoms with Crippen LogP contribution in [-0.4, -0.2) is 0 Å². The van der Waals surface area contributed by atoms with Crippen LogP contribution in [0.4, 0.5) is 4.39 Å². The highest BCUT2D eigenvalue weighted by atomic mass is 35.5. The van der Waals surface area contributed by atoms with Crippen LogP contribution in [0.1, 0.15) is 10.4 Å². The normalized spacial score (nSPS) is 11.2. The monoisotopic (exact) mass is 263 g/mol. The fourth-order valence-electron chi connectivity index (χ4n) is 1.36. The van der Waals surface area contributed by atoms with Gasteiger partial charge >= 0.3 is 0 Å². The van der Waals surface area contributed by atoms with Crippen LogP contribution >= 0.6 is 22.9 Å². The van der Waals surface area contributed by atoms with Crippen molar-refractivity contribution in [2.45, 2.75) is 0 Å². The van der Waals surface area contributed by atoms with Gasteiger partial charge in [-0.3, -0.25) is 0 Å². The van der Waals surface area contributed by atoms with Crippen LogP contribution in [0.3, 0.4) is 0 Å². The number of benzene rings is 1. The van der Waals surface area contributed by atoms with Gasteiger partial charge in [-0.25, -0.2) is 4.39 Å². The zero-order valence-corrected chi connectivity index (χ0v) is 10.2. The zero-order chi connectivity index (χ0) is 12.3. The zero-order valence-electron chi connectivity index (χ0n) is 8.65. The number of hydrogen-bond acceptors (Lipinski definition) is 2. The van der Waals surface area contributed by atoms with Crippen molar-refractivity contribution in [3.8, 4) is 6.07 Å². The molecule has 0 fully saturated rings. The van der Waals surface area contributed by atoms with Crippen molar-refractivity contribution >= 4 is 34.6 Å². The summed E-state index contributed by atoms with van der Waals surface area (Å²) in [6.45, 7) is 0. The summed E-state index contributed by atoms with van der Waals surface area (Å²) in [7, 11) is 0. The van der Waals surface area contributed by atoms with E-state index in [-0.39, 0.29) is 5.82 Å². The second-order valence-corrected chi connectivity index (χ2v) is 5.07. The fourth-order valence-corrected chi connectivity index (χ4v) is 2.36. The molecule has 0 aliphatic heterocycles. The number of halogens is 2. The van der Waals surface area contributed by atoms with Gasteiger partial charge in [0.1, 0.15) is 5.82 Å². The van der Waals surface area contributed by atoms with Crippen molar-refractivity contribution < 1.29 is 4.39 Å². The molecular formula is C13H7ClFNS. The number of nitrogens with zero attached hydrogens (tertiary/aromatic N) is 1. The SMILES string of the molecule is N#C/C(=C/c1ccc(Cl)s1)c1ccc(F)cc1. The van der Waals surface area contributed by atoms with Gasteiger partial charge in [-0.1, -0.05) is 23.7 Å². The molecule has 2 aromatic rings. The molecule has 2 rings (SSSR count). The molecule has 17 heavy (non-hydrogen) atoms. The Morgan fingerprint density at radius 2 is 1.94 bits per heavy atom. The highest BCUT2D eigenvalue weighted by Gasteiger charge is 2.02. The summed E-state index contributed by atoms with van der Waals surface area (Å²) in [5, 5.41) is 9.08. The minimum absolute atomic E-state index is 0.315. The Bertz CT molecular complexity index is 593. The first kappa shape index (κ1) is 11.8. The van der Waals surface area contributed by atoms with Gasteiger partial charge in [0.05, 0.1) is 16.0 Å². The van der Waals surface area contributed by atoms with Gasteiger partial charge in [-0.15, -0.1) is 11.3 Å². The number of thiophene rings is 1. The molecule has 0 spiro atoms. The molecule has 0 amide bonds. The average molecular weight is 264 g/mol. The molecule has 84 valence electrons. The highest BCUT2D eigenvalue weighted by Crippen LogP contribution is 2.26. The van der Waals surface area contributed by atoms with E-state index >= 15 is 0 Å². The van der Waals surface area contributed by atoms with Crippen molar-refractivity contribution in [2.75, 3.05) is 0 Å². The molecule has 0 aliphatic carbocycles. The van der Waals surface area contributed by atoms with Crippen molar-refractivity contribution in [1.82, 2.24) is 0 Å². The van der Waals surface area contributed by atoms with E-state index in [2.05, 4.69) is 6.07 Å². The molecule has 1 nitrogen and oxygen atoms in total. The van der Waals surface area contributed by atoms with Gasteiger partial charge in [0.15, 0.2) is 0 Å². The quantitative estimate of drug-likeness (QED) is 0.726. The minimum Gasteiger partial charge on any atom is -0.207 e. The van der Waals surface area contributed by atoms with Crippen molar-refractivity contribution in [3.63, 3.8) is 0 Å². The van der Waals surface area contributed by atoms with Crippen LogP contribution in [0.5, 0.6) is 0 Å². The summed E-state index contributed by atoms with van der Waals surface area (Å²) < 4.78 is 13.4. The maximum absolute atomic E-state index is 12.8. The summed E-state index contributed by atoms with van der Waals surface area (Å²) in [6.07, 6.45) is 1.74. The second-order valence-electron chi connectivity index (χ2n) is 3.32. The van der Waals surface area contributed by atoms with Crippen molar-refractivity contribution in [3.05, 3.63) is 57.0 Å². The van der Waals surface area contributed by atoms with Gasteiger partial charge < -0.3 is 0 Å². The van der Waals surface area contributed by atoms with E-state index in [9.17, 15) is 4.39 Å². The molecule has 0 bridgehead atoms. The Kier molecular flexibility index (Phi) is 3.58. The van der Waals surface area contributed by atoms with Crippen LogP contribution in [0, 0.1) is 17.1 Å². The van der Waals surface area contributed by atoms with E-state index in [4.69, 9.17) is 16.9 Å². The molecule has 1 aromatic carbocycles. The van der Waals surface area contributed by atoms with Gasteiger partial charge in [-0.05, 0) is 35.9 Å². The second kappa shape index (κ2) is 5.13. The number of rotatable bonds is 2. The van der Waals surface area contributed by atoms with Crippen LogP contribution in [0.2, 0.25) is 4.34 Å². The Morgan fingerprint density at radius 1 is 1.24 bits per heavy atom. The number of nitriles is 1. The predicted molar refractivity (Wildman–Crippen MR) is 69.2 cm³/mol. The third kappa shape index (κ3) is 2.94. The van der Waals surface area contributed by atoms with Gasteiger partial charge in [0.2, 0.25) is 0 Å². The summed E-state index contributed by atoms with van der Waals surface area (Å²) in [5.74, 6) is -0.315. The van der Waals surface area contributed by atoms with Crippen LogP contribution in [-0.2, 0) is 0 Å². The molecule has 0 unspecified atom stereocenters.